The number of hydrogen-bond acceptors (Lipinski definition) is 6. The lowest BCUT2D eigenvalue weighted by Gasteiger charge is -2.24. The molecule has 0 saturated heterocycles. The predicted octanol–water partition coefficient (Wildman–Crippen LogP) is 3.22. The van der Waals surface area contributed by atoms with Gasteiger partial charge in [-0.05, 0) is 42.0 Å². The van der Waals surface area contributed by atoms with Crippen LogP contribution in [0.5, 0.6) is 0 Å². The second kappa shape index (κ2) is 10.0. The Kier molecular flexibility index (Phi) is 7.17. The normalized spacial score (nSPS) is 10.5. The molecule has 1 heterocycles. The smallest absolute Gasteiger partial charge is 0.253 e. The second-order valence-electron chi connectivity index (χ2n) is 7.26. The maximum Gasteiger partial charge on any atom is 0.253 e. The van der Waals surface area contributed by atoms with Gasteiger partial charge in [0.05, 0.1) is 23.7 Å². The van der Waals surface area contributed by atoms with Crippen LogP contribution in [-0.4, -0.2) is 46.6 Å². The molecule has 0 saturated carbocycles. The number of aromatic nitrogens is 2. The Morgan fingerprint density at radius 2 is 1.72 bits per heavy atom. The zero-order valence-electron chi connectivity index (χ0n) is 17.7. The zero-order chi connectivity index (χ0) is 23.3. The van der Waals surface area contributed by atoms with Gasteiger partial charge in [0.2, 0.25) is 11.7 Å². The van der Waals surface area contributed by atoms with Crippen LogP contribution in [0.3, 0.4) is 0 Å². The summed E-state index contributed by atoms with van der Waals surface area (Å²) in [7, 11) is 3.29. The molecule has 0 fully saturated rings. The number of rotatable bonds is 7. The molecule has 3 aromatic rings. The Hall–Kier alpha value is -3.78. The van der Waals surface area contributed by atoms with E-state index in [2.05, 4.69) is 9.97 Å². The number of Topliss-reactive ketones (excluding diaryl/α,β-unsaturated/α-hetero) is 1. The molecule has 2 N–H and O–H groups in total. The SMILES string of the molecule is CN(C)C(=O)c1cccc(N(Cc2ccc(N)c(Cl)c2)C(=O)CC(=O)c2ncccn2)c1. The monoisotopic (exact) mass is 451 g/mol. The van der Waals surface area contributed by atoms with E-state index in [9.17, 15) is 14.4 Å². The molecule has 0 aliphatic heterocycles. The minimum atomic E-state index is -0.503. The van der Waals surface area contributed by atoms with E-state index in [1.807, 2.05) is 0 Å². The first kappa shape index (κ1) is 22.9. The highest BCUT2D eigenvalue weighted by Gasteiger charge is 2.23. The molecule has 3 rings (SSSR count). The molecular formula is C23H22ClN5O3. The summed E-state index contributed by atoms with van der Waals surface area (Å²) in [5.41, 5.74) is 7.81. The summed E-state index contributed by atoms with van der Waals surface area (Å²) in [5, 5.41) is 0.361. The van der Waals surface area contributed by atoms with E-state index in [1.165, 1.54) is 22.2 Å². The quantitative estimate of drug-likeness (QED) is 0.335. The third kappa shape index (κ3) is 5.47. The lowest BCUT2D eigenvalue weighted by atomic mass is 10.1. The molecule has 0 unspecified atom stereocenters. The molecule has 0 atom stereocenters. The van der Waals surface area contributed by atoms with Crippen LogP contribution in [0.2, 0.25) is 5.02 Å². The number of amides is 2. The molecule has 1 aromatic heterocycles. The van der Waals surface area contributed by atoms with Crippen molar-refractivity contribution >= 4 is 40.6 Å². The fourth-order valence-electron chi connectivity index (χ4n) is 2.99. The highest BCUT2D eigenvalue weighted by atomic mass is 35.5. The molecule has 9 heteroatoms. The third-order valence-electron chi connectivity index (χ3n) is 4.64. The highest BCUT2D eigenvalue weighted by Crippen LogP contribution is 2.25. The molecule has 0 spiro atoms. The van der Waals surface area contributed by atoms with Gasteiger partial charge < -0.3 is 15.5 Å². The van der Waals surface area contributed by atoms with Crippen LogP contribution < -0.4 is 10.6 Å². The minimum absolute atomic E-state index is 0.0344. The molecule has 8 nitrogen and oxygen atoms in total. The Bertz CT molecular complexity index is 1150. The summed E-state index contributed by atoms with van der Waals surface area (Å²) in [4.78, 5) is 48.8. The number of nitrogens with zero attached hydrogens (tertiary/aromatic N) is 4. The molecule has 32 heavy (non-hydrogen) atoms. The summed E-state index contributed by atoms with van der Waals surface area (Å²) in [6.45, 7) is 0.126. The van der Waals surface area contributed by atoms with Crippen LogP contribution in [0.15, 0.2) is 60.9 Å². The number of carbonyl (C=O) groups is 3. The van der Waals surface area contributed by atoms with Crippen molar-refractivity contribution in [3.8, 4) is 0 Å². The second-order valence-corrected chi connectivity index (χ2v) is 7.67. The van der Waals surface area contributed by atoms with Crippen LogP contribution in [-0.2, 0) is 11.3 Å². The number of benzene rings is 2. The van der Waals surface area contributed by atoms with Gasteiger partial charge in [-0.3, -0.25) is 14.4 Å². The summed E-state index contributed by atoms with van der Waals surface area (Å²) in [6.07, 6.45) is 2.45. The van der Waals surface area contributed by atoms with Crippen molar-refractivity contribution in [2.75, 3.05) is 24.7 Å². The topological polar surface area (TPSA) is 109 Å². The van der Waals surface area contributed by atoms with Crippen LogP contribution >= 0.6 is 11.6 Å². The van der Waals surface area contributed by atoms with Crippen LogP contribution in [0, 0.1) is 0 Å². The fourth-order valence-corrected chi connectivity index (χ4v) is 3.20. The van der Waals surface area contributed by atoms with Crippen molar-refractivity contribution in [2.24, 2.45) is 0 Å². The average molecular weight is 452 g/mol. The van der Waals surface area contributed by atoms with Gasteiger partial charge in [-0.15, -0.1) is 0 Å². The maximum atomic E-state index is 13.2. The molecule has 2 aromatic carbocycles. The van der Waals surface area contributed by atoms with Crippen LogP contribution in [0.1, 0.15) is 33.0 Å². The molecule has 0 aliphatic rings. The van der Waals surface area contributed by atoms with Crippen LogP contribution in [0.4, 0.5) is 11.4 Å². The number of ketones is 1. The van der Waals surface area contributed by atoms with E-state index in [1.54, 1.807) is 62.6 Å². The van der Waals surface area contributed by atoms with Gasteiger partial charge in [0.1, 0.15) is 0 Å². The molecule has 2 amide bonds. The van der Waals surface area contributed by atoms with E-state index in [0.717, 1.165) is 0 Å². The van der Waals surface area contributed by atoms with Gasteiger partial charge >= 0.3 is 0 Å². The Morgan fingerprint density at radius 3 is 2.38 bits per heavy atom. The van der Waals surface area contributed by atoms with Crippen molar-refractivity contribution in [1.82, 2.24) is 14.9 Å². The van der Waals surface area contributed by atoms with Gasteiger partial charge in [-0.1, -0.05) is 23.7 Å². The molecule has 0 aliphatic carbocycles. The summed E-state index contributed by atoms with van der Waals surface area (Å²) >= 11 is 6.14. The number of halogens is 1. The van der Waals surface area contributed by atoms with E-state index >= 15 is 0 Å². The maximum absolute atomic E-state index is 13.2. The first-order chi connectivity index (χ1) is 15.3. The number of nitrogens with two attached hydrogens (primary N) is 1. The minimum Gasteiger partial charge on any atom is -0.398 e. The first-order valence-corrected chi connectivity index (χ1v) is 10.1. The highest BCUT2D eigenvalue weighted by molar-refractivity contribution is 6.33. The first-order valence-electron chi connectivity index (χ1n) is 9.72. The Morgan fingerprint density at radius 1 is 1.00 bits per heavy atom. The number of hydrogen-bond donors (Lipinski definition) is 1. The molecular weight excluding hydrogens is 430 g/mol. The zero-order valence-corrected chi connectivity index (χ0v) is 18.4. The standard InChI is InChI=1S/C23H22ClN5O3/c1-28(2)23(32)16-5-3-6-17(12-16)29(14-15-7-8-19(25)18(24)11-15)21(31)13-20(30)22-26-9-4-10-27-22/h3-12H,13-14,25H2,1-2H3. The molecule has 164 valence electrons. The van der Waals surface area contributed by atoms with E-state index in [0.29, 0.717) is 27.5 Å². The molecule has 0 radical (unpaired) electrons. The van der Waals surface area contributed by atoms with Gasteiger partial charge in [-0.25, -0.2) is 9.97 Å². The van der Waals surface area contributed by atoms with E-state index in [4.69, 9.17) is 17.3 Å². The third-order valence-corrected chi connectivity index (χ3v) is 4.97. The predicted molar refractivity (Wildman–Crippen MR) is 122 cm³/mol. The van der Waals surface area contributed by atoms with Gasteiger partial charge in [0.25, 0.3) is 5.91 Å². The average Bonchev–Trinajstić information content (AvgIpc) is 2.79. The lowest BCUT2D eigenvalue weighted by molar-refractivity contribution is -0.117. The van der Waals surface area contributed by atoms with Gasteiger partial charge in [0.15, 0.2) is 5.82 Å². The molecule has 0 bridgehead atoms. The number of nitrogen functional groups attached to an aromatic ring is 1. The summed E-state index contributed by atoms with van der Waals surface area (Å²) in [5.74, 6) is -1.21. The number of carbonyl (C=O) groups excluding carboxylic acids is 3. The lowest BCUT2D eigenvalue weighted by Crippen LogP contribution is -2.32. The van der Waals surface area contributed by atoms with Crippen molar-refractivity contribution < 1.29 is 14.4 Å². The van der Waals surface area contributed by atoms with Crippen molar-refractivity contribution in [3.63, 3.8) is 0 Å². The van der Waals surface area contributed by atoms with Gasteiger partial charge in [-0.2, -0.15) is 0 Å². The van der Waals surface area contributed by atoms with E-state index in [-0.39, 0.29) is 18.3 Å². The largest absolute Gasteiger partial charge is 0.398 e. The summed E-state index contributed by atoms with van der Waals surface area (Å²) < 4.78 is 0. The fraction of sp³-hybridized carbons (Fsp3) is 0.174. The van der Waals surface area contributed by atoms with Crippen molar-refractivity contribution in [3.05, 3.63) is 82.9 Å². The van der Waals surface area contributed by atoms with Crippen molar-refractivity contribution in [2.45, 2.75) is 13.0 Å². The Labute approximate surface area is 190 Å². The summed E-state index contributed by atoms with van der Waals surface area (Å²) in [6, 6.07) is 13.3. The van der Waals surface area contributed by atoms with Crippen molar-refractivity contribution in [1.29, 1.82) is 0 Å². The Balaban J connectivity index is 1.94. The van der Waals surface area contributed by atoms with Crippen LogP contribution in [0.25, 0.3) is 0 Å². The van der Waals surface area contributed by atoms with E-state index < -0.39 is 18.1 Å². The number of anilines is 2. The van der Waals surface area contributed by atoms with Gasteiger partial charge in [0, 0.05) is 37.7 Å².